The van der Waals surface area contributed by atoms with Crippen LogP contribution in [0.2, 0.25) is 0 Å². The maximum Gasteiger partial charge on any atom is 0.0752 e. The van der Waals surface area contributed by atoms with E-state index in [1.165, 1.54) is 18.5 Å². The molecule has 0 bridgehead atoms. The molecule has 0 saturated carbocycles. The Morgan fingerprint density at radius 1 is 1.53 bits per heavy atom. The number of hydrogen-bond donors (Lipinski definition) is 1. The van der Waals surface area contributed by atoms with Gasteiger partial charge in [-0.1, -0.05) is 6.92 Å². The molecule has 1 atom stereocenters. The Bertz CT molecular complexity index is 307. The van der Waals surface area contributed by atoms with Crippen molar-refractivity contribution in [3.63, 3.8) is 0 Å². The van der Waals surface area contributed by atoms with Crippen LogP contribution >= 0.6 is 0 Å². The molecule has 15 heavy (non-hydrogen) atoms. The van der Waals surface area contributed by atoms with Crippen LogP contribution in [0.25, 0.3) is 0 Å². The number of anilines is 1. The summed E-state index contributed by atoms with van der Waals surface area (Å²) in [5.74, 6) is 0. The SMILES string of the molecule is CCC1CCN(c2cnn(C)c2)CCN1. The zero-order valence-corrected chi connectivity index (χ0v) is 9.61. The van der Waals surface area contributed by atoms with E-state index in [1.54, 1.807) is 0 Å². The third-order valence-electron chi connectivity index (χ3n) is 3.11. The first-order valence-corrected chi connectivity index (χ1v) is 5.76. The summed E-state index contributed by atoms with van der Waals surface area (Å²) >= 11 is 0. The molecule has 4 heteroatoms. The zero-order chi connectivity index (χ0) is 10.7. The quantitative estimate of drug-likeness (QED) is 0.787. The third-order valence-corrected chi connectivity index (χ3v) is 3.11. The van der Waals surface area contributed by atoms with Crippen LogP contribution in [-0.2, 0) is 7.05 Å². The fraction of sp³-hybridized carbons (Fsp3) is 0.727. The molecule has 1 unspecified atom stereocenters. The molecule has 0 amide bonds. The monoisotopic (exact) mass is 208 g/mol. The van der Waals surface area contributed by atoms with Gasteiger partial charge in [0.1, 0.15) is 0 Å². The van der Waals surface area contributed by atoms with Gasteiger partial charge in [-0.2, -0.15) is 5.10 Å². The molecule has 1 aromatic heterocycles. The fourth-order valence-electron chi connectivity index (χ4n) is 2.11. The largest absolute Gasteiger partial charge is 0.368 e. The first kappa shape index (κ1) is 10.5. The summed E-state index contributed by atoms with van der Waals surface area (Å²) < 4.78 is 1.87. The number of nitrogens with one attached hydrogen (secondary N) is 1. The molecule has 0 spiro atoms. The summed E-state index contributed by atoms with van der Waals surface area (Å²) in [4.78, 5) is 2.41. The molecule has 0 aliphatic carbocycles. The lowest BCUT2D eigenvalue weighted by Gasteiger charge is -2.19. The number of nitrogens with zero attached hydrogens (tertiary/aromatic N) is 3. The molecule has 1 aliphatic rings. The molecule has 0 radical (unpaired) electrons. The van der Waals surface area contributed by atoms with Crippen molar-refractivity contribution in [2.24, 2.45) is 7.05 Å². The summed E-state index contributed by atoms with van der Waals surface area (Å²) in [5, 5.41) is 7.79. The Labute approximate surface area is 91.3 Å². The van der Waals surface area contributed by atoms with E-state index in [2.05, 4.69) is 28.4 Å². The lowest BCUT2D eigenvalue weighted by molar-refractivity contribution is 0.510. The van der Waals surface area contributed by atoms with Gasteiger partial charge in [0.2, 0.25) is 0 Å². The standard InChI is InChI=1S/C11H20N4/c1-3-10-4-6-15(7-5-12-10)11-8-13-14(2)9-11/h8-10,12H,3-7H2,1-2H3. The van der Waals surface area contributed by atoms with Crippen molar-refractivity contribution in [3.8, 4) is 0 Å². The summed E-state index contributed by atoms with van der Waals surface area (Å²) in [6.45, 7) is 5.55. The molecule has 1 saturated heterocycles. The molecule has 1 aliphatic heterocycles. The summed E-state index contributed by atoms with van der Waals surface area (Å²) in [5.41, 5.74) is 1.25. The smallest absolute Gasteiger partial charge is 0.0752 e. The number of aromatic nitrogens is 2. The van der Waals surface area contributed by atoms with Crippen molar-refractivity contribution in [2.75, 3.05) is 24.5 Å². The third kappa shape index (κ3) is 2.50. The molecule has 2 rings (SSSR count). The van der Waals surface area contributed by atoms with Crippen molar-refractivity contribution >= 4 is 5.69 Å². The van der Waals surface area contributed by atoms with Gasteiger partial charge in [-0.15, -0.1) is 0 Å². The molecule has 0 aromatic carbocycles. The Balaban J connectivity index is 1.99. The van der Waals surface area contributed by atoms with Crippen LogP contribution < -0.4 is 10.2 Å². The van der Waals surface area contributed by atoms with Crippen LogP contribution in [0.4, 0.5) is 5.69 Å². The minimum absolute atomic E-state index is 0.687. The zero-order valence-electron chi connectivity index (χ0n) is 9.61. The highest BCUT2D eigenvalue weighted by atomic mass is 15.3. The lowest BCUT2D eigenvalue weighted by Crippen LogP contribution is -2.29. The first-order valence-electron chi connectivity index (χ1n) is 5.76. The van der Waals surface area contributed by atoms with E-state index in [0.29, 0.717) is 6.04 Å². The molecule has 84 valence electrons. The second-order valence-electron chi connectivity index (χ2n) is 4.21. The van der Waals surface area contributed by atoms with Gasteiger partial charge in [0, 0.05) is 38.9 Å². The predicted octanol–water partition coefficient (Wildman–Crippen LogP) is 0.998. The molecule has 1 fully saturated rings. The van der Waals surface area contributed by atoms with E-state index in [0.717, 1.165) is 19.6 Å². The van der Waals surface area contributed by atoms with Gasteiger partial charge >= 0.3 is 0 Å². The van der Waals surface area contributed by atoms with E-state index < -0.39 is 0 Å². The highest BCUT2D eigenvalue weighted by Gasteiger charge is 2.15. The highest BCUT2D eigenvalue weighted by Crippen LogP contribution is 2.15. The molecular weight excluding hydrogens is 188 g/mol. The van der Waals surface area contributed by atoms with Gasteiger partial charge in [0.25, 0.3) is 0 Å². The van der Waals surface area contributed by atoms with Crippen molar-refractivity contribution in [2.45, 2.75) is 25.8 Å². The molecule has 2 heterocycles. The number of aryl methyl sites for hydroxylation is 1. The highest BCUT2D eigenvalue weighted by molar-refractivity contribution is 5.42. The number of hydrogen-bond acceptors (Lipinski definition) is 3. The maximum absolute atomic E-state index is 4.22. The van der Waals surface area contributed by atoms with Crippen molar-refractivity contribution < 1.29 is 0 Å². The predicted molar refractivity (Wildman–Crippen MR) is 62.1 cm³/mol. The second kappa shape index (κ2) is 4.66. The minimum Gasteiger partial charge on any atom is -0.368 e. The van der Waals surface area contributed by atoms with E-state index in [4.69, 9.17) is 0 Å². The van der Waals surface area contributed by atoms with Gasteiger partial charge in [-0.25, -0.2) is 0 Å². The summed E-state index contributed by atoms with van der Waals surface area (Å²) in [7, 11) is 1.97. The van der Waals surface area contributed by atoms with Crippen LogP contribution in [0.1, 0.15) is 19.8 Å². The summed E-state index contributed by atoms with van der Waals surface area (Å²) in [6.07, 6.45) is 6.49. The Morgan fingerprint density at radius 2 is 2.40 bits per heavy atom. The topological polar surface area (TPSA) is 33.1 Å². The summed E-state index contributed by atoms with van der Waals surface area (Å²) in [6, 6.07) is 0.687. The maximum atomic E-state index is 4.22. The normalized spacial score (nSPS) is 22.8. The van der Waals surface area contributed by atoms with Crippen LogP contribution in [-0.4, -0.2) is 35.5 Å². The second-order valence-corrected chi connectivity index (χ2v) is 4.21. The van der Waals surface area contributed by atoms with Crippen LogP contribution in [0.5, 0.6) is 0 Å². The number of rotatable bonds is 2. The molecule has 1 N–H and O–H groups in total. The van der Waals surface area contributed by atoms with Gasteiger partial charge in [0.05, 0.1) is 11.9 Å². The molecule has 4 nitrogen and oxygen atoms in total. The van der Waals surface area contributed by atoms with E-state index in [9.17, 15) is 0 Å². The Kier molecular flexibility index (Phi) is 3.26. The van der Waals surface area contributed by atoms with Crippen LogP contribution in [0, 0.1) is 0 Å². The van der Waals surface area contributed by atoms with Gasteiger partial charge < -0.3 is 10.2 Å². The van der Waals surface area contributed by atoms with Crippen molar-refractivity contribution in [3.05, 3.63) is 12.4 Å². The average Bonchev–Trinajstić information content (AvgIpc) is 2.54. The van der Waals surface area contributed by atoms with Crippen molar-refractivity contribution in [1.82, 2.24) is 15.1 Å². The molecular formula is C11H20N4. The van der Waals surface area contributed by atoms with Gasteiger partial charge in [-0.05, 0) is 12.8 Å². The van der Waals surface area contributed by atoms with Gasteiger partial charge in [-0.3, -0.25) is 4.68 Å². The minimum atomic E-state index is 0.687. The van der Waals surface area contributed by atoms with E-state index in [1.807, 2.05) is 17.9 Å². The van der Waals surface area contributed by atoms with E-state index in [-0.39, 0.29) is 0 Å². The van der Waals surface area contributed by atoms with Gasteiger partial charge in [0.15, 0.2) is 0 Å². The average molecular weight is 208 g/mol. The lowest BCUT2D eigenvalue weighted by atomic mass is 10.1. The van der Waals surface area contributed by atoms with Crippen LogP contribution in [0.3, 0.4) is 0 Å². The molecule has 1 aromatic rings. The fourth-order valence-corrected chi connectivity index (χ4v) is 2.11. The van der Waals surface area contributed by atoms with Crippen LogP contribution in [0.15, 0.2) is 12.4 Å². The van der Waals surface area contributed by atoms with Crippen molar-refractivity contribution in [1.29, 1.82) is 0 Å². The first-order chi connectivity index (χ1) is 7.29. The van der Waals surface area contributed by atoms with E-state index >= 15 is 0 Å². The Hall–Kier alpha value is -1.03. The Morgan fingerprint density at radius 3 is 3.07 bits per heavy atom.